The highest BCUT2D eigenvalue weighted by molar-refractivity contribution is 7.23. The van der Waals surface area contributed by atoms with Gasteiger partial charge in [-0.25, -0.2) is 15.3 Å². The second kappa shape index (κ2) is 10.7. The van der Waals surface area contributed by atoms with Crippen LogP contribution in [0.1, 0.15) is 28.8 Å². The van der Waals surface area contributed by atoms with Gasteiger partial charge < -0.3 is 19.3 Å². The summed E-state index contributed by atoms with van der Waals surface area (Å²) in [4.78, 5) is 33.7. The first-order valence-electron chi connectivity index (χ1n) is 11.9. The maximum atomic E-state index is 13.3. The van der Waals surface area contributed by atoms with E-state index in [-0.39, 0.29) is 6.03 Å². The lowest BCUT2D eigenvalue weighted by molar-refractivity contribution is 0.0706. The number of nitrogens with one attached hydrogen (secondary N) is 2. The predicted molar refractivity (Wildman–Crippen MR) is 137 cm³/mol. The molecule has 0 radical (unpaired) electrons. The van der Waals surface area contributed by atoms with Crippen molar-refractivity contribution in [3.63, 3.8) is 0 Å². The van der Waals surface area contributed by atoms with Crippen molar-refractivity contribution in [2.45, 2.75) is 19.4 Å². The van der Waals surface area contributed by atoms with Crippen molar-refractivity contribution in [3.05, 3.63) is 47.5 Å². The number of thiazole rings is 1. The van der Waals surface area contributed by atoms with E-state index in [9.17, 15) is 9.59 Å². The van der Waals surface area contributed by atoms with Gasteiger partial charge in [0.2, 0.25) is 0 Å². The van der Waals surface area contributed by atoms with E-state index in [1.165, 1.54) is 11.3 Å². The topological polar surface area (TPSA) is 116 Å². The fraction of sp³-hybridized carbons (Fsp3) is 0.400. The zero-order chi connectivity index (χ0) is 25.1. The SMILES string of the molecule is COc1ccc(N2CCOCC2)c2sc(NC(=O)N(Cc3ccc(C(=O)NO)cc3)CC3CC3)nc12. The Morgan fingerprint density at radius 2 is 1.94 bits per heavy atom. The van der Waals surface area contributed by atoms with Crippen LogP contribution in [-0.2, 0) is 11.3 Å². The summed E-state index contributed by atoms with van der Waals surface area (Å²) in [6, 6.07) is 10.6. The summed E-state index contributed by atoms with van der Waals surface area (Å²) in [6.45, 7) is 4.01. The molecule has 3 aromatic rings. The third-order valence-corrected chi connectivity index (χ3v) is 7.42. The molecular formula is C25H29N5O5S. The molecule has 3 amide bonds. The second-order valence-electron chi connectivity index (χ2n) is 8.98. The predicted octanol–water partition coefficient (Wildman–Crippen LogP) is 3.70. The Bertz CT molecular complexity index is 1240. The lowest BCUT2D eigenvalue weighted by Gasteiger charge is -2.29. The molecule has 1 saturated heterocycles. The molecule has 1 aliphatic carbocycles. The Hall–Kier alpha value is -3.41. The average Bonchev–Trinajstić information content (AvgIpc) is 3.64. The third-order valence-electron chi connectivity index (χ3n) is 6.43. The maximum absolute atomic E-state index is 13.3. The van der Waals surface area contributed by atoms with E-state index in [0.29, 0.717) is 48.7 Å². The van der Waals surface area contributed by atoms with Crippen LogP contribution in [-0.4, -0.2) is 67.0 Å². The third kappa shape index (κ3) is 5.38. The molecule has 1 aromatic heterocycles. The first kappa shape index (κ1) is 24.3. The lowest BCUT2D eigenvalue weighted by atomic mass is 10.1. The van der Waals surface area contributed by atoms with Crippen LogP contribution >= 0.6 is 11.3 Å². The van der Waals surface area contributed by atoms with Gasteiger partial charge in [0.15, 0.2) is 5.13 Å². The molecule has 2 aliphatic rings. The number of anilines is 2. The van der Waals surface area contributed by atoms with Crippen molar-refractivity contribution in [2.75, 3.05) is 50.2 Å². The van der Waals surface area contributed by atoms with Crippen molar-refractivity contribution >= 4 is 44.3 Å². The van der Waals surface area contributed by atoms with E-state index in [2.05, 4.69) is 10.2 Å². The molecule has 2 fully saturated rings. The van der Waals surface area contributed by atoms with Crippen molar-refractivity contribution in [1.82, 2.24) is 15.4 Å². The molecular weight excluding hydrogens is 482 g/mol. The van der Waals surface area contributed by atoms with E-state index in [0.717, 1.165) is 47.4 Å². The molecule has 36 heavy (non-hydrogen) atoms. The molecule has 11 heteroatoms. The molecule has 1 saturated carbocycles. The Morgan fingerprint density at radius 3 is 2.61 bits per heavy atom. The number of fused-ring (bicyclic) bond motifs is 1. The number of hydrogen-bond acceptors (Lipinski definition) is 8. The van der Waals surface area contributed by atoms with E-state index in [1.54, 1.807) is 41.8 Å². The van der Waals surface area contributed by atoms with Crippen LogP contribution in [0.2, 0.25) is 0 Å². The summed E-state index contributed by atoms with van der Waals surface area (Å²) in [5.74, 6) is 0.594. The molecule has 2 heterocycles. The van der Waals surface area contributed by atoms with Crippen molar-refractivity contribution in [2.24, 2.45) is 5.92 Å². The standard InChI is InChI=1S/C25H29N5O5S/c1-34-20-9-8-19(29-10-12-35-13-11-29)22-21(20)26-24(36-22)27-25(32)30(14-16-2-3-16)15-17-4-6-18(7-5-17)23(31)28-33/h4-9,16,33H,2-3,10-15H2,1H3,(H,28,31)(H,26,27,32). The van der Waals surface area contributed by atoms with E-state index in [1.807, 2.05) is 12.1 Å². The monoisotopic (exact) mass is 511 g/mol. The largest absolute Gasteiger partial charge is 0.494 e. The molecule has 0 bridgehead atoms. The number of benzene rings is 2. The fourth-order valence-corrected chi connectivity index (χ4v) is 5.30. The highest BCUT2D eigenvalue weighted by Crippen LogP contribution is 2.40. The van der Waals surface area contributed by atoms with Crippen LogP contribution in [0.15, 0.2) is 36.4 Å². The Morgan fingerprint density at radius 1 is 1.19 bits per heavy atom. The molecule has 2 aromatic carbocycles. The molecule has 1 aliphatic heterocycles. The molecule has 0 atom stereocenters. The van der Waals surface area contributed by atoms with E-state index >= 15 is 0 Å². The number of methoxy groups -OCH3 is 1. The zero-order valence-electron chi connectivity index (χ0n) is 20.0. The molecule has 10 nitrogen and oxygen atoms in total. The van der Waals surface area contributed by atoms with Gasteiger partial charge in [0.1, 0.15) is 11.3 Å². The number of carbonyl (C=O) groups is 2. The summed E-state index contributed by atoms with van der Waals surface area (Å²) in [5.41, 5.74) is 4.66. The Kier molecular flexibility index (Phi) is 7.21. The molecule has 0 spiro atoms. The number of aromatic nitrogens is 1. The Balaban J connectivity index is 1.36. The normalized spacial score (nSPS) is 15.6. The molecule has 3 N–H and O–H groups in total. The van der Waals surface area contributed by atoms with Crippen molar-refractivity contribution in [1.29, 1.82) is 0 Å². The van der Waals surface area contributed by atoms with Gasteiger partial charge in [-0.1, -0.05) is 23.5 Å². The molecule has 5 rings (SSSR count). The molecule has 190 valence electrons. The number of urea groups is 1. The van der Waals surface area contributed by atoms with Crippen LogP contribution in [0.25, 0.3) is 10.2 Å². The van der Waals surface area contributed by atoms with Crippen molar-refractivity contribution in [3.8, 4) is 5.75 Å². The van der Waals surface area contributed by atoms with Crippen LogP contribution < -0.4 is 20.4 Å². The van der Waals surface area contributed by atoms with Gasteiger partial charge in [-0.2, -0.15) is 0 Å². The highest BCUT2D eigenvalue weighted by atomic mass is 32.1. The lowest BCUT2D eigenvalue weighted by Crippen LogP contribution is -2.36. The van der Waals surface area contributed by atoms with Gasteiger partial charge in [0, 0.05) is 31.7 Å². The maximum Gasteiger partial charge on any atom is 0.323 e. The van der Waals surface area contributed by atoms with E-state index < -0.39 is 5.91 Å². The van der Waals surface area contributed by atoms with Crippen LogP contribution in [0.3, 0.4) is 0 Å². The molecule has 0 unspecified atom stereocenters. The first-order chi connectivity index (χ1) is 17.6. The van der Waals surface area contributed by atoms with Crippen molar-refractivity contribution < 1.29 is 24.3 Å². The number of morpholine rings is 1. The zero-order valence-corrected chi connectivity index (χ0v) is 20.8. The number of nitrogens with zero attached hydrogens (tertiary/aromatic N) is 3. The number of rotatable bonds is 8. The minimum absolute atomic E-state index is 0.218. The minimum Gasteiger partial charge on any atom is -0.494 e. The first-order valence-corrected chi connectivity index (χ1v) is 12.8. The summed E-state index contributed by atoms with van der Waals surface area (Å²) in [6.07, 6.45) is 2.22. The summed E-state index contributed by atoms with van der Waals surface area (Å²) in [5, 5.41) is 12.3. The Labute approximate surface area is 212 Å². The van der Waals surface area contributed by atoms with E-state index in [4.69, 9.17) is 19.7 Å². The van der Waals surface area contributed by atoms with Gasteiger partial charge in [-0.3, -0.25) is 15.3 Å². The number of hydroxylamine groups is 1. The van der Waals surface area contributed by atoms with Gasteiger partial charge in [-0.15, -0.1) is 0 Å². The number of amides is 3. The number of carbonyl (C=O) groups excluding carboxylic acids is 2. The van der Waals surface area contributed by atoms with Crippen LogP contribution in [0.5, 0.6) is 5.75 Å². The summed E-state index contributed by atoms with van der Waals surface area (Å²) in [7, 11) is 1.62. The van der Waals surface area contributed by atoms with Crippen LogP contribution in [0.4, 0.5) is 15.6 Å². The minimum atomic E-state index is -0.572. The van der Waals surface area contributed by atoms with Gasteiger partial charge in [-0.05, 0) is 48.6 Å². The summed E-state index contributed by atoms with van der Waals surface area (Å²) < 4.78 is 12.0. The average molecular weight is 512 g/mol. The number of hydrogen-bond donors (Lipinski definition) is 3. The fourth-order valence-electron chi connectivity index (χ4n) is 4.29. The second-order valence-corrected chi connectivity index (χ2v) is 9.97. The quantitative estimate of drug-likeness (QED) is 0.312. The van der Waals surface area contributed by atoms with Gasteiger partial charge in [0.25, 0.3) is 5.91 Å². The van der Waals surface area contributed by atoms with Crippen LogP contribution in [0, 0.1) is 5.92 Å². The number of ether oxygens (including phenoxy) is 2. The highest BCUT2D eigenvalue weighted by Gasteiger charge is 2.28. The van der Waals surface area contributed by atoms with Gasteiger partial charge in [0.05, 0.1) is 30.7 Å². The summed E-state index contributed by atoms with van der Waals surface area (Å²) >= 11 is 1.44. The van der Waals surface area contributed by atoms with Gasteiger partial charge >= 0.3 is 6.03 Å². The smallest absolute Gasteiger partial charge is 0.323 e.